The summed E-state index contributed by atoms with van der Waals surface area (Å²) in [6.07, 6.45) is 8.32. The number of carbonyl (C=O) groups excluding carboxylic acids is 1. The van der Waals surface area contributed by atoms with Gasteiger partial charge in [-0.3, -0.25) is 0 Å². The average molecular weight is 445 g/mol. The maximum absolute atomic E-state index is 12.5. The molecule has 1 aromatic rings. The fourth-order valence-corrected chi connectivity index (χ4v) is 5.99. The molecule has 174 valence electrons. The molecular weight excluding hydrogens is 412 g/mol. The standard InChI is InChI=1S/C25H32O7/c26-22(17-10-4-1-5-11-17)27-16-18-19-20(30-24(29-19)12-6-2-7-13-24)21-23(28-18)32-25(31-21)14-8-3-9-15-25/h1,4-5,10-11,18-21,23H,2-3,6-9,12-16H2/t18-,19+,20+,21-,23-/m1/s1. The third-order valence-electron chi connectivity index (χ3n) is 7.59. The van der Waals surface area contributed by atoms with Gasteiger partial charge in [0.1, 0.15) is 31.0 Å². The predicted molar refractivity (Wildman–Crippen MR) is 113 cm³/mol. The zero-order valence-corrected chi connectivity index (χ0v) is 18.4. The van der Waals surface area contributed by atoms with Gasteiger partial charge in [-0.15, -0.1) is 0 Å². The molecule has 2 spiro atoms. The van der Waals surface area contributed by atoms with E-state index in [9.17, 15) is 4.79 Å². The number of hydrogen-bond donors (Lipinski definition) is 0. The van der Waals surface area contributed by atoms with Crippen LogP contribution in [0.5, 0.6) is 0 Å². The topological polar surface area (TPSA) is 72.5 Å². The third-order valence-corrected chi connectivity index (χ3v) is 7.59. The van der Waals surface area contributed by atoms with Gasteiger partial charge in [-0.1, -0.05) is 31.0 Å². The number of fused-ring (bicyclic) bond motifs is 3. The molecule has 32 heavy (non-hydrogen) atoms. The van der Waals surface area contributed by atoms with E-state index < -0.39 is 24.0 Å². The second-order valence-electron chi connectivity index (χ2n) is 9.82. The van der Waals surface area contributed by atoms with Crippen LogP contribution in [0.4, 0.5) is 0 Å². The van der Waals surface area contributed by atoms with Crippen LogP contribution in [0.2, 0.25) is 0 Å². The van der Waals surface area contributed by atoms with Crippen molar-refractivity contribution in [2.24, 2.45) is 0 Å². The normalized spacial score (nSPS) is 37.2. The summed E-state index contributed by atoms with van der Waals surface area (Å²) in [7, 11) is 0. The fraction of sp³-hybridized carbons (Fsp3) is 0.720. The molecule has 0 N–H and O–H groups in total. The van der Waals surface area contributed by atoms with Crippen LogP contribution < -0.4 is 0 Å². The number of ether oxygens (including phenoxy) is 6. The lowest BCUT2D eigenvalue weighted by Gasteiger charge is -2.36. The van der Waals surface area contributed by atoms with Crippen molar-refractivity contribution in [3.8, 4) is 0 Å². The number of rotatable bonds is 3. The van der Waals surface area contributed by atoms with E-state index in [1.54, 1.807) is 12.1 Å². The highest BCUT2D eigenvalue weighted by atomic mass is 16.9. The van der Waals surface area contributed by atoms with Gasteiger partial charge in [-0.2, -0.15) is 0 Å². The lowest BCUT2D eigenvalue weighted by molar-refractivity contribution is -0.254. The molecule has 0 radical (unpaired) electrons. The van der Waals surface area contributed by atoms with Gasteiger partial charge in [0.25, 0.3) is 0 Å². The van der Waals surface area contributed by atoms with Crippen LogP contribution in [0.15, 0.2) is 30.3 Å². The van der Waals surface area contributed by atoms with E-state index in [1.807, 2.05) is 18.2 Å². The number of carbonyl (C=O) groups is 1. The van der Waals surface area contributed by atoms with E-state index in [4.69, 9.17) is 28.4 Å². The monoisotopic (exact) mass is 444 g/mol. The van der Waals surface area contributed by atoms with Crippen LogP contribution in [0, 0.1) is 0 Å². The van der Waals surface area contributed by atoms with E-state index in [0.29, 0.717) is 5.56 Å². The van der Waals surface area contributed by atoms with E-state index in [1.165, 1.54) is 12.8 Å². The first-order valence-corrected chi connectivity index (χ1v) is 12.2. The molecule has 2 aliphatic carbocycles. The summed E-state index contributed by atoms with van der Waals surface area (Å²) < 4.78 is 38.1. The molecule has 3 heterocycles. The molecule has 1 aromatic carbocycles. The van der Waals surface area contributed by atoms with Crippen molar-refractivity contribution in [1.29, 1.82) is 0 Å². The Labute approximate surface area is 188 Å². The molecule has 0 bridgehead atoms. The summed E-state index contributed by atoms with van der Waals surface area (Å²) in [5.74, 6) is -1.54. The number of hydrogen-bond acceptors (Lipinski definition) is 7. The SMILES string of the molecule is O=C(OC[C@H]1O[C@@H]2OC3(CCCCC3)O[C@@H]2[C@H]2OC3(CCCCC3)O[C@H]21)c1ccccc1. The van der Waals surface area contributed by atoms with Gasteiger partial charge >= 0.3 is 5.97 Å². The molecule has 0 amide bonds. The first-order chi connectivity index (χ1) is 15.7. The van der Waals surface area contributed by atoms with Gasteiger partial charge in [0.15, 0.2) is 17.9 Å². The summed E-state index contributed by atoms with van der Waals surface area (Å²) in [5, 5.41) is 0. The maximum atomic E-state index is 12.5. The van der Waals surface area contributed by atoms with E-state index in [-0.39, 0.29) is 30.9 Å². The van der Waals surface area contributed by atoms with Crippen LogP contribution >= 0.6 is 0 Å². The predicted octanol–water partition coefficient (Wildman–Crippen LogP) is 4.09. The Morgan fingerprint density at radius 1 is 0.781 bits per heavy atom. The van der Waals surface area contributed by atoms with Gasteiger partial charge in [-0.25, -0.2) is 4.79 Å². The summed E-state index contributed by atoms with van der Waals surface area (Å²) in [4.78, 5) is 12.5. The van der Waals surface area contributed by atoms with Crippen LogP contribution in [0.25, 0.3) is 0 Å². The van der Waals surface area contributed by atoms with E-state index in [2.05, 4.69) is 0 Å². The van der Waals surface area contributed by atoms with Crippen LogP contribution in [0.3, 0.4) is 0 Å². The second-order valence-corrected chi connectivity index (χ2v) is 9.82. The zero-order valence-electron chi connectivity index (χ0n) is 18.4. The van der Waals surface area contributed by atoms with Crippen molar-refractivity contribution in [1.82, 2.24) is 0 Å². The minimum atomic E-state index is -0.584. The Bertz CT molecular complexity index is 815. The quantitative estimate of drug-likeness (QED) is 0.650. The molecule has 7 nitrogen and oxygen atoms in total. The van der Waals surface area contributed by atoms with Crippen molar-refractivity contribution in [2.75, 3.05) is 6.61 Å². The van der Waals surface area contributed by atoms with Gasteiger partial charge in [-0.05, 0) is 37.8 Å². The maximum Gasteiger partial charge on any atom is 0.338 e. The Hall–Kier alpha value is -1.51. The van der Waals surface area contributed by atoms with E-state index >= 15 is 0 Å². The third kappa shape index (κ3) is 3.78. The summed E-state index contributed by atoms with van der Waals surface area (Å²) in [6, 6.07) is 9.01. The Morgan fingerprint density at radius 2 is 1.38 bits per heavy atom. The smallest absolute Gasteiger partial charge is 0.338 e. The van der Waals surface area contributed by atoms with E-state index in [0.717, 1.165) is 51.4 Å². The molecule has 6 rings (SSSR count). The van der Waals surface area contributed by atoms with Crippen molar-refractivity contribution < 1.29 is 33.2 Å². The molecule has 0 aromatic heterocycles. The van der Waals surface area contributed by atoms with Gasteiger partial charge in [0.05, 0.1) is 5.56 Å². The van der Waals surface area contributed by atoms with Crippen LogP contribution in [-0.2, 0) is 28.4 Å². The highest BCUT2D eigenvalue weighted by Gasteiger charge is 2.64. The molecule has 2 saturated carbocycles. The lowest BCUT2D eigenvalue weighted by Crippen LogP contribution is -2.56. The highest BCUT2D eigenvalue weighted by molar-refractivity contribution is 5.89. The van der Waals surface area contributed by atoms with Gasteiger partial charge in [0.2, 0.25) is 0 Å². The molecule has 5 atom stereocenters. The second kappa shape index (κ2) is 8.37. The molecule has 5 fully saturated rings. The Kier molecular flexibility index (Phi) is 5.50. The van der Waals surface area contributed by atoms with Crippen molar-refractivity contribution in [3.63, 3.8) is 0 Å². The summed E-state index contributed by atoms with van der Waals surface area (Å²) in [6.45, 7) is 0.0912. The summed E-state index contributed by atoms with van der Waals surface area (Å²) in [5.41, 5.74) is 0.520. The molecule has 5 aliphatic rings. The first-order valence-electron chi connectivity index (χ1n) is 12.2. The average Bonchev–Trinajstić information content (AvgIpc) is 3.37. The van der Waals surface area contributed by atoms with Gasteiger partial charge < -0.3 is 28.4 Å². The largest absolute Gasteiger partial charge is 0.459 e. The zero-order chi connectivity index (χ0) is 21.6. The van der Waals surface area contributed by atoms with Crippen molar-refractivity contribution >= 4 is 5.97 Å². The molecule has 3 saturated heterocycles. The molecular formula is C25H32O7. The van der Waals surface area contributed by atoms with Gasteiger partial charge in [0, 0.05) is 25.7 Å². The molecule has 7 heteroatoms. The van der Waals surface area contributed by atoms with Crippen molar-refractivity contribution in [2.45, 2.75) is 106 Å². The van der Waals surface area contributed by atoms with Crippen LogP contribution in [-0.4, -0.2) is 54.9 Å². The number of benzene rings is 1. The Morgan fingerprint density at radius 3 is 2.06 bits per heavy atom. The lowest BCUT2D eigenvalue weighted by atomic mass is 9.94. The minimum Gasteiger partial charge on any atom is -0.459 e. The summed E-state index contributed by atoms with van der Waals surface area (Å²) >= 11 is 0. The minimum absolute atomic E-state index is 0.0912. The first kappa shape index (κ1) is 21.1. The van der Waals surface area contributed by atoms with Crippen LogP contribution in [0.1, 0.15) is 74.6 Å². The number of esters is 1. The van der Waals surface area contributed by atoms with Crippen molar-refractivity contribution in [3.05, 3.63) is 35.9 Å². The molecule has 3 aliphatic heterocycles. The Balaban J connectivity index is 1.21. The fourth-order valence-electron chi connectivity index (χ4n) is 5.99. The molecule has 0 unspecified atom stereocenters. The highest BCUT2D eigenvalue weighted by Crippen LogP contribution is 2.50.